The maximum Gasteiger partial charge on any atom is 0.326 e. The van der Waals surface area contributed by atoms with Gasteiger partial charge >= 0.3 is 5.97 Å². The van der Waals surface area contributed by atoms with E-state index in [1.54, 1.807) is 30.6 Å². The zero-order chi connectivity index (χ0) is 27.9. The van der Waals surface area contributed by atoms with Crippen molar-refractivity contribution in [2.45, 2.75) is 50.2 Å². The molecule has 206 valence electrons. The van der Waals surface area contributed by atoms with Crippen molar-refractivity contribution in [3.8, 4) is 5.75 Å². The minimum atomic E-state index is -1.20. The number of aliphatic carboxylic acids is 1. The Hall–Kier alpha value is -4.35. The first-order valence-electron chi connectivity index (χ1n) is 12.9. The van der Waals surface area contributed by atoms with Gasteiger partial charge in [-0.3, -0.25) is 9.59 Å². The number of carbonyl (C=O) groups excluding carboxylic acids is 2. The Morgan fingerprint density at radius 2 is 1.51 bits per heavy atom. The summed E-state index contributed by atoms with van der Waals surface area (Å²) in [6.07, 6.45) is 5.18. The number of carbonyl (C=O) groups is 3. The van der Waals surface area contributed by atoms with Crippen LogP contribution in [0.15, 0.2) is 54.9 Å². The van der Waals surface area contributed by atoms with Crippen LogP contribution in [0.3, 0.4) is 0 Å². The number of amides is 2. The zero-order valence-corrected chi connectivity index (χ0v) is 21.4. The van der Waals surface area contributed by atoms with E-state index in [0.717, 1.165) is 32.9 Å². The number of aromatic amines is 2. The molecule has 39 heavy (non-hydrogen) atoms. The summed E-state index contributed by atoms with van der Waals surface area (Å²) < 4.78 is 0. The van der Waals surface area contributed by atoms with Crippen LogP contribution in [0.25, 0.3) is 21.8 Å². The fourth-order valence-electron chi connectivity index (χ4n) is 4.70. The highest BCUT2D eigenvalue weighted by molar-refractivity contribution is 5.93. The van der Waals surface area contributed by atoms with Crippen molar-refractivity contribution in [1.82, 2.24) is 20.6 Å². The summed E-state index contributed by atoms with van der Waals surface area (Å²) in [4.78, 5) is 44.5. The Balaban J connectivity index is 1.44. The number of hydrogen-bond acceptors (Lipinski definition) is 6. The molecule has 10 N–H and O–H groups in total. The predicted molar refractivity (Wildman–Crippen MR) is 148 cm³/mol. The molecule has 0 aliphatic rings. The Morgan fingerprint density at radius 1 is 0.846 bits per heavy atom. The lowest BCUT2D eigenvalue weighted by Gasteiger charge is -2.23. The quantitative estimate of drug-likeness (QED) is 0.119. The number of benzene rings is 2. The smallest absolute Gasteiger partial charge is 0.326 e. The molecule has 2 heterocycles. The van der Waals surface area contributed by atoms with Crippen LogP contribution in [0, 0.1) is 0 Å². The van der Waals surface area contributed by atoms with E-state index in [9.17, 15) is 24.6 Å². The summed E-state index contributed by atoms with van der Waals surface area (Å²) in [6.45, 7) is 0.424. The van der Waals surface area contributed by atoms with Gasteiger partial charge in [0.15, 0.2) is 0 Å². The molecular weight excluding hydrogens is 500 g/mol. The number of nitrogens with one attached hydrogen (secondary N) is 4. The lowest BCUT2D eigenvalue weighted by Crippen LogP contribution is -2.55. The highest BCUT2D eigenvalue weighted by atomic mass is 16.4. The van der Waals surface area contributed by atoms with Crippen LogP contribution in [0.1, 0.15) is 30.4 Å². The lowest BCUT2D eigenvalue weighted by atomic mass is 10.0. The van der Waals surface area contributed by atoms with Crippen molar-refractivity contribution < 1.29 is 24.6 Å². The minimum absolute atomic E-state index is 0.0709. The molecule has 0 aliphatic carbocycles. The van der Waals surface area contributed by atoms with Crippen molar-refractivity contribution >= 4 is 39.6 Å². The largest absolute Gasteiger partial charge is 0.508 e. The van der Waals surface area contributed by atoms with Gasteiger partial charge in [0.1, 0.15) is 17.8 Å². The molecule has 0 aliphatic heterocycles. The molecule has 0 bridgehead atoms. The second kappa shape index (κ2) is 12.5. The van der Waals surface area contributed by atoms with Gasteiger partial charge in [0, 0.05) is 40.6 Å². The first-order chi connectivity index (χ1) is 18.8. The van der Waals surface area contributed by atoms with E-state index in [4.69, 9.17) is 11.5 Å². The van der Waals surface area contributed by atoms with E-state index < -0.39 is 35.9 Å². The first-order valence-corrected chi connectivity index (χ1v) is 12.9. The van der Waals surface area contributed by atoms with Crippen LogP contribution < -0.4 is 22.1 Å². The monoisotopic (exact) mass is 534 g/mol. The highest BCUT2D eigenvalue weighted by Gasteiger charge is 2.28. The number of phenolic OH excluding ortho intramolecular Hbond substituents is 1. The van der Waals surface area contributed by atoms with Gasteiger partial charge in [-0.1, -0.05) is 18.2 Å². The standard InChI is InChI=1S/C28H34N6O5/c29-10-4-3-7-24(33-26(36)21(30)11-16-14-32-23-9-8-18(35)13-20(16)23)27(37)34-25(28(38)39)12-17-15-31-22-6-2-1-5-19(17)22/h1-2,5-6,8-9,13-15,21,24-25,31-32,35H,3-4,7,10-12,29-30H2,(H,33,36)(H,34,37)(H,38,39)/t21-,24-,25-/m0/s1. The topological polar surface area (TPSA) is 199 Å². The summed E-state index contributed by atoms with van der Waals surface area (Å²) in [7, 11) is 0. The number of unbranched alkanes of at least 4 members (excludes halogenated alkanes) is 1. The SMILES string of the molecule is NCCCC[C@H](NC(=O)[C@@H](N)Cc1c[nH]c2ccc(O)cc12)C(=O)N[C@@H](Cc1c[nH]c2ccccc12)C(=O)O. The number of fused-ring (bicyclic) bond motifs is 2. The average molecular weight is 535 g/mol. The predicted octanol–water partition coefficient (Wildman–Crippen LogP) is 1.65. The van der Waals surface area contributed by atoms with Crippen LogP contribution in [-0.4, -0.2) is 62.6 Å². The van der Waals surface area contributed by atoms with Gasteiger partial charge in [-0.05, 0) is 67.6 Å². The van der Waals surface area contributed by atoms with Crippen LogP contribution in [0.5, 0.6) is 5.75 Å². The number of hydrogen-bond donors (Lipinski definition) is 8. The summed E-state index contributed by atoms with van der Waals surface area (Å²) in [5, 5.41) is 26.6. The second-order valence-electron chi connectivity index (χ2n) is 9.66. The molecule has 0 saturated carbocycles. The maximum atomic E-state index is 13.2. The van der Waals surface area contributed by atoms with Gasteiger partial charge in [0.05, 0.1) is 6.04 Å². The molecule has 4 rings (SSSR count). The molecule has 0 fully saturated rings. The number of phenols is 1. The zero-order valence-electron chi connectivity index (χ0n) is 21.4. The van der Waals surface area contributed by atoms with E-state index >= 15 is 0 Å². The van der Waals surface area contributed by atoms with Crippen molar-refractivity contribution in [3.05, 3.63) is 66.0 Å². The van der Waals surface area contributed by atoms with Gasteiger partial charge in [-0.25, -0.2) is 4.79 Å². The van der Waals surface area contributed by atoms with Crippen LogP contribution in [0.4, 0.5) is 0 Å². The molecule has 11 nitrogen and oxygen atoms in total. The number of para-hydroxylation sites is 1. The Bertz CT molecular complexity index is 1460. The molecule has 11 heteroatoms. The van der Waals surface area contributed by atoms with Crippen molar-refractivity contribution in [2.24, 2.45) is 11.5 Å². The fourth-order valence-corrected chi connectivity index (χ4v) is 4.70. The molecule has 2 aromatic heterocycles. The van der Waals surface area contributed by atoms with Gasteiger partial charge in [-0.15, -0.1) is 0 Å². The fraction of sp³-hybridized carbons (Fsp3) is 0.321. The number of H-pyrrole nitrogens is 2. The van der Waals surface area contributed by atoms with E-state index in [-0.39, 0.29) is 25.0 Å². The van der Waals surface area contributed by atoms with E-state index in [1.165, 1.54) is 0 Å². The maximum absolute atomic E-state index is 13.2. The molecule has 4 aromatic rings. The molecule has 2 aromatic carbocycles. The number of carboxylic acids is 1. The molecule has 0 radical (unpaired) electrons. The molecule has 0 unspecified atom stereocenters. The van der Waals surface area contributed by atoms with Gasteiger partial charge in [0.2, 0.25) is 11.8 Å². The summed E-state index contributed by atoms with van der Waals surface area (Å²) >= 11 is 0. The van der Waals surface area contributed by atoms with Crippen molar-refractivity contribution in [1.29, 1.82) is 0 Å². The summed E-state index contributed by atoms with van der Waals surface area (Å²) in [6, 6.07) is 9.24. The highest BCUT2D eigenvalue weighted by Crippen LogP contribution is 2.24. The summed E-state index contributed by atoms with van der Waals surface area (Å²) in [5.41, 5.74) is 15.0. The molecule has 0 saturated heterocycles. The summed E-state index contributed by atoms with van der Waals surface area (Å²) in [5.74, 6) is -2.23. The second-order valence-corrected chi connectivity index (χ2v) is 9.66. The molecule has 0 spiro atoms. The van der Waals surface area contributed by atoms with E-state index in [2.05, 4.69) is 20.6 Å². The third kappa shape index (κ3) is 6.75. The van der Waals surface area contributed by atoms with Crippen LogP contribution in [-0.2, 0) is 27.2 Å². The van der Waals surface area contributed by atoms with Crippen LogP contribution in [0.2, 0.25) is 0 Å². The van der Waals surface area contributed by atoms with Gasteiger partial charge in [0.25, 0.3) is 0 Å². The molecule has 3 atom stereocenters. The number of aromatic nitrogens is 2. The minimum Gasteiger partial charge on any atom is -0.508 e. The number of rotatable bonds is 13. The first kappa shape index (κ1) is 27.7. The van der Waals surface area contributed by atoms with Crippen LogP contribution >= 0.6 is 0 Å². The molecular formula is C28H34N6O5. The Morgan fingerprint density at radius 3 is 2.23 bits per heavy atom. The Kier molecular flexibility index (Phi) is 8.84. The normalized spacial score (nSPS) is 13.7. The van der Waals surface area contributed by atoms with Crippen molar-refractivity contribution in [3.63, 3.8) is 0 Å². The average Bonchev–Trinajstić information content (AvgIpc) is 3.51. The van der Waals surface area contributed by atoms with E-state index in [1.807, 2.05) is 24.3 Å². The van der Waals surface area contributed by atoms with Gasteiger partial charge in [-0.2, -0.15) is 0 Å². The number of carboxylic acid groups (broad SMARTS) is 1. The number of aromatic hydroxyl groups is 1. The molecule has 2 amide bonds. The van der Waals surface area contributed by atoms with Gasteiger partial charge < -0.3 is 42.3 Å². The third-order valence-electron chi connectivity index (χ3n) is 6.82. The van der Waals surface area contributed by atoms with E-state index in [0.29, 0.717) is 19.4 Å². The third-order valence-corrected chi connectivity index (χ3v) is 6.82. The number of nitrogens with two attached hydrogens (primary N) is 2. The lowest BCUT2D eigenvalue weighted by molar-refractivity contribution is -0.142. The van der Waals surface area contributed by atoms with Crippen molar-refractivity contribution in [2.75, 3.05) is 6.54 Å². The Labute approximate surface area is 225 Å².